The maximum Gasteiger partial charge on any atom is 0.500 e. The van der Waals surface area contributed by atoms with Crippen LogP contribution in [0.1, 0.15) is 0 Å². The fourth-order valence-electron chi connectivity index (χ4n) is 1.10. The van der Waals surface area contributed by atoms with Crippen LogP contribution in [0.15, 0.2) is 9.26 Å². The van der Waals surface area contributed by atoms with E-state index in [0.29, 0.717) is 0 Å². The van der Waals surface area contributed by atoms with Crippen molar-refractivity contribution < 1.29 is 28.7 Å². The first kappa shape index (κ1) is 10.6. The summed E-state index contributed by atoms with van der Waals surface area (Å²) < 4.78 is 12.8. The smallest absolute Gasteiger partial charge is 0.458 e. The quantitative estimate of drug-likeness (QED) is 0.356. The van der Waals surface area contributed by atoms with Crippen LogP contribution < -0.4 is 14.5 Å². The predicted octanol–water partition coefficient (Wildman–Crippen LogP) is -1.49. The van der Waals surface area contributed by atoms with Crippen molar-refractivity contribution in [1.29, 1.82) is 0 Å². The molecule has 0 atom stereocenters. The van der Waals surface area contributed by atoms with E-state index in [-0.39, 0.29) is 10.8 Å². The van der Waals surface area contributed by atoms with Gasteiger partial charge in [0.1, 0.15) is 5.16 Å². The SMILES string of the molecule is COc1no[n+]([O-])c1-c1no[n+]([O-])c1[N+](=O)[O-]. The van der Waals surface area contributed by atoms with Crippen molar-refractivity contribution in [1.82, 2.24) is 10.3 Å². The van der Waals surface area contributed by atoms with Crippen LogP contribution in [0.5, 0.6) is 5.88 Å². The van der Waals surface area contributed by atoms with E-state index >= 15 is 0 Å². The average Bonchev–Trinajstić information content (AvgIpc) is 2.81. The van der Waals surface area contributed by atoms with Crippen molar-refractivity contribution in [2.45, 2.75) is 0 Å². The topological polar surface area (TPSA) is 158 Å². The van der Waals surface area contributed by atoms with Gasteiger partial charge in [0.05, 0.1) is 17.2 Å². The van der Waals surface area contributed by atoms with E-state index in [1.165, 1.54) is 0 Å². The first-order chi connectivity index (χ1) is 8.06. The summed E-state index contributed by atoms with van der Waals surface area (Å²) in [5, 5.41) is 38.9. The molecular weight excluding hydrogens is 242 g/mol. The first-order valence-corrected chi connectivity index (χ1v) is 3.94. The Labute approximate surface area is 90.8 Å². The van der Waals surface area contributed by atoms with E-state index in [1.807, 2.05) is 0 Å². The molecule has 17 heavy (non-hydrogen) atoms. The molecule has 0 unspecified atom stereocenters. The fourth-order valence-corrected chi connectivity index (χ4v) is 1.10. The Bertz CT molecular complexity index is 573. The van der Waals surface area contributed by atoms with E-state index in [0.717, 1.165) is 7.11 Å². The standard InChI is InChI=1S/C5H3N5O7/c1-15-4-3(9(13)17-7-4)2-5(8(11)12)10(14)16-6-2/h1H3. The third-order valence-corrected chi connectivity index (χ3v) is 1.76. The number of ether oxygens (including phenoxy) is 1. The van der Waals surface area contributed by atoms with Gasteiger partial charge in [0.2, 0.25) is 0 Å². The Balaban J connectivity index is 2.68. The van der Waals surface area contributed by atoms with Crippen LogP contribution in [0.2, 0.25) is 0 Å². The van der Waals surface area contributed by atoms with E-state index in [2.05, 4.69) is 24.3 Å². The zero-order valence-corrected chi connectivity index (χ0v) is 8.09. The van der Waals surface area contributed by atoms with Crippen LogP contribution in [0.25, 0.3) is 11.4 Å². The van der Waals surface area contributed by atoms with E-state index < -0.39 is 27.0 Å². The van der Waals surface area contributed by atoms with Gasteiger partial charge in [-0.2, -0.15) is 4.63 Å². The van der Waals surface area contributed by atoms with Crippen LogP contribution in [-0.4, -0.2) is 22.3 Å². The lowest BCUT2D eigenvalue weighted by atomic mass is 10.3. The molecule has 12 heteroatoms. The third kappa shape index (κ3) is 1.47. The highest BCUT2D eigenvalue weighted by molar-refractivity contribution is 5.62. The maximum absolute atomic E-state index is 11.2. The average molecular weight is 245 g/mol. The summed E-state index contributed by atoms with van der Waals surface area (Å²) in [6, 6.07) is 0. The Morgan fingerprint density at radius 3 is 2.53 bits per heavy atom. The summed E-state index contributed by atoms with van der Waals surface area (Å²) in [4.78, 5) is 8.88. The highest BCUT2D eigenvalue weighted by atomic mass is 16.8. The molecule has 0 spiro atoms. The lowest BCUT2D eigenvalue weighted by molar-refractivity contribution is -0.825. The van der Waals surface area contributed by atoms with Crippen molar-refractivity contribution in [2.75, 3.05) is 7.11 Å². The highest BCUT2D eigenvalue weighted by Gasteiger charge is 2.42. The lowest BCUT2D eigenvalue weighted by Gasteiger charge is -1.89. The van der Waals surface area contributed by atoms with Crippen LogP contribution in [0.4, 0.5) is 5.82 Å². The Hall–Kier alpha value is -2.92. The van der Waals surface area contributed by atoms with Gasteiger partial charge in [-0.05, 0) is 4.90 Å². The highest BCUT2D eigenvalue weighted by Crippen LogP contribution is 2.28. The number of rotatable bonds is 3. The second-order valence-electron chi connectivity index (χ2n) is 2.65. The number of nitrogens with zero attached hydrogens (tertiary/aromatic N) is 5. The molecule has 0 bridgehead atoms. The molecule has 0 fully saturated rings. The molecule has 0 aliphatic carbocycles. The number of hydrogen-bond donors (Lipinski definition) is 0. The summed E-state index contributed by atoms with van der Waals surface area (Å²) >= 11 is 0. The molecule has 2 aromatic heterocycles. The molecule has 0 saturated carbocycles. The van der Waals surface area contributed by atoms with Gasteiger partial charge in [-0.1, -0.05) is 0 Å². The molecule has 0 saturated heterocycles. The second-order valence-corrected chi connectivity index (χ2v) is 2.65. The molecule has 0 N–H and O–H groups in total. The first-order valence-electron chi connectivity index (χ1n) is 3.94. The molecule has 2 aromatic rings. The van der Waals surface area contributed by atoms with Crippen LogP contribution in [0.3, 0.4) is 0 Å². The van der Waals surface area contributed by atoms with Crippen LogP contribution in [-0.2, 0) is 0 Å². The largest absolute Gasteiger partial charge is 0.500 e. The zero-order valence-electron chi connectivity index (χ0n) is 8.09. The fraction of sp³-hybridized carbons (Fsp3) is 0.200. The van der Waals surface area contributed by atoms with Gasteiger partial charge >= 0.3 is 23.1 Å². The van der Waals surface area contributed by atoms with Crippen molar-refractivity contribution in [3.8, 4) is 17.3 Å². The summed E-state index contributed by atoms with van der Waals surface area (Å²) in [7, 11) is 1.15. The maximum atomic E-state index is 11.2. The lowest BCUT2D eigenvalue weighted by Crippen LogP contribution is -2.28. The van der Waals surface area contributed by atoms with Crippen LogP contribution >= 0.6 is 0 Å². The van der Waals surface area contributed by atoms with Gasteiger partial charge in [-0.15, -0.1) is 0 Å². The molecular formula is C5H3N5O7. The van der Waals surface area contributed by atoms with Crippen molar-refractivity contribution >= 4 is 5.82 Å². The van der Waals surface area contributed by atoms with Gasteiger partial charge in [-0.3, -0.25) is 4.63 Å². The Morgan fingerprint density at radius 1 is 1.29 bits per heavy atom. The third-order valence-electron chi connectivity index (χ3n) is 1.76. The van der Waals surface area contributed by atoms with E-state index in [1.54, 1.807) is 0 Å². The molecule has 90 valence electrons. The Kier molecular flexibility index (Phi) is 2.23. The minimum absolute atomic E-state index is 0.191. The van der Waals surface area contributed by atoms with Gasteiger partial charge < -0.3 is 25.3 Å². The molecule has 0 aliphatic rings. The molecule has 0 aliphatic heterocycles. The minimum atomic E-state index is -1.07. The molecule has 0 amide bonds. The van der Waals surface area contributed by atoms with Crippen molar-refractivity contribution in [2.24, 2.45) is 0 Å². The second kappa shape index (κ2) is 3.58. The zero-order chi connectivity index (χ0) is 12.6. The molecule has 2 heterocycles. The summed E-state index contributed by atoms with van der Waals surface area (Å²) in [5.74, 6) is -1.44. The molecule has 0 radical (unpaired) electrons. The van der Waals surface area contributed by atoms with E-state index in [9.17, 15) is 20.5 Å². The van der Waals surface area contributed by atoms with Gasteiger partial charge in [0.15, 0.2) is 0 Å². The minimum Gasteiger partial charge on any atom is -0.458 e. The normalized spacial score (nSPS) is 10.4. The summed E-state index contributed by atoms with van der Waals surface area (Å²) in [6.45, 7) is 0. The van der Waals surface area contributed by atoms with Crippen LogP contribution in [0, 0.1) is 20.5 Å². The monoisotopic (exact) mass is 245 g/mol. The number of nitro groups is 1. The summed E-state index contributed by atoms with van der Waals surface area (Å²) in [6.07, 6.45) is 0. The predicted molar refractivity (Wildman–Crippen MR) is 43.1 cm³/mol. The van der Waals surface area contributed by atoms with Crippen molar-refractivity contribution in [3.63, 3.8) is 0 Å². The number of methoxy groups -OCH3 is 1. The molecule has 2 rings (SSSR count). The number of aromatic nitrogens is 4. The van der Waals surface area contributed by atoms with Crippen molar-refractivity contribution in [3.05, 3.63) is 20.5 Å². The van der Waals surface area contributed by atoms with Gasteiger partial charge in [0.25, 0.3) is 0 Å². The number of hydrogen-bond acceptors (Lipinski definition) is 9. The molecule has 0 aromatic carbocycles. The van der Waals surface area contributed by atoms with Gasteiger partial charge in [0, 0.05) is 4.92 Å². The summed E-state index contributed by atoms with van der Waals surface area (Å²) in [5.41, 5.74) is -1.17. The molecule has 12 nitrogen and oxygen atoms in total. The van der Waals surface area contributed by atoms with E-state index in [4.69, 9.17) is 0 Å². The Morgan fingerprint density at radius 2 is 1.94 bits per heavy atom. The van der Waals surface area contributed by atoms with Gasteiger partial charge in [-0.25, -0.2) is 0 Å².